The first kappa shape index (κ1) is 17.4. The molecule has 1 atom stereocenters. The SMILES string of the molecule is COCC(=O)NCc1nc2cc(C(=O)O)ccc2n1CC1CCCO1. The Morgan fingerprint density at radius 1 is 1.48 bits per heavy atom. The van der Waals surface area contributed by atoms with Gasteiger partial charge in [-0.15, -0.1) is 0 Å². The second-order valence-electron chi connectivity index (χ2n) is 5.99. The second-order valence-corrected chi connectivity index (χ2v) is 5.99. The highest BCUT2D eigenvalue weighted by Crippen LogP contribution is 2.22. The van der Waals surface area contributed by atoms with Gasteiger partial charge in [0.1, 0.15) is 12.4 Å². The Labute approximate surface area is 144 Å². The third-order valence-corrected chi connectivity index (χ3v) is 4.20. The van der Waals surface area contributed by atoms with Gasteiger partial charge in [-0.2, -0.15) is 0 Å². The summed E-state index contributed by atoms with van der Waals surface area (Å²) in [7, 11) is 1.46. The standard InChI is InChI=1S/C17H21N3O5/c1-24-10-16(21)18-8-15-19-13-7-11(17(22)23)4-5-14(13)20(15)9-12-3-2-6-25-12/h4-5,7,12H,2-3,6,8-10H2,1H3,(H,18,21)(H,22,23). The van der Waals surface area contributed by atoms with Crippen molar-refractivity contribution in [3.8, 4) is 0 Å². The summed E-state index contributed by atoms with van der Waals surface area (Å²) in [6.07, 6.45) is 2.10. The summed E-state index contributed by atoms with van der Waals surface area (Å²) in [6, 6.07) is 4.86. The van der Waals surface area contributed by atoms with Gasteiger partial charge in [-0.05, 0) is 31.0 Å². The highest BCUT2D eigenvalue weighted by molar-refractivity contribution is 5.92. The van der Waals surface area contributed by atoms with Crippen LogP contribution in [-0.2, 0) is 27.4 Å². The van der Waals surface area contributed by atoms with Gasteiger partial charge in [-0.25, -0.2) is 9.78 Å². The van der Waals surface area contributed by atoms with Crippen LogP contribution in [-0.4, -0.2) is 53.0 Å². The summed E-state index contributed by atoms with van der Waals surface area (Å²) in [4.78, 5) is 27.4. The number of hydrogen-bond donors (Lipinski definition) is 2. The van der Waals surface area contributed by atoms with Crippen LogP contribution in [0.2, 0.25) is 0 Å². The summed E-state index contributed by atoms with van der Waals surface area (Å²) < 4.78 is 12.5. The first-order chi connectivity index (χ1) is 12.1. The van der Waals surface area contributed by atoms with Crippen molar-refractivity contribution in [1.29, 1.82) is 0 Å². The third-order valence-electron chi connectivity index (χ3n) is 4.20. The molecule has 1 fully saturated rings. The zero-order chi connectivity index (χ0) is 17.8. The van der Waals surface area contributed by atoms with Crippen molar-refractivity contribution in [2.45, 2.75) is 32.0 Å². The van der Waals surface area contributed by atoms with Gasteiger partial charge in [0.25, 0.3) is 0 Å². The number of carbonyl (C=O) groups excluding carboxylic acids is 1. The van der Waals surface area contributed by atoms with Crippen LogP contribution in [0.3, 0.4) is 0 Å². The minimum absolute atomic E-state index is 0.0187. The fraction of sp³-hybridized carbons (Fsp3) is 0.471. The smallest absolute Gasteiger partial charge is 0.335 e. The van der Waals surface area contributed by atoms with E-state index in [2.05, 4.69) is 10.3 Å². The van der Waals surface area contributed by atoms with Crippen LogP contribution in [0.1, 0.15) is 29.0 Å². The predicted octanol–water partition coefficient (Wildman–Crippen LogP) is 1.18. The van der Waals surface area contributed by atoms with Gasteiger partial charge in [0.2, 0.25) is 5.91 Å². The fourth-order valence-corrected chi connectivity index (χ4v) is 3.00. The van der Waals surface area contributed by atoms with Gasteiger partial charge >= 0.3 is 5.97 Å². The summed E-state index contributed by atoms with van der Waals surface area (Å²) in [5.74, 6) is -0.563. The number of hydrogen-bond acceptors (Lipinski definition) is 5. The minimum atomic E-state index is -0.995. The molecule has 25 heavy (non-hydrogen) atoms. The summed E-state index contributed by atoms with van der Waals surface area (Å²) >= 11 is 0. The lowest BCUT2D eigenvalue weighted by Gasteiger charge is -2.14. The topological polar surface area (TPSA) is 103 Å². The van der Waals surface area contributed by atoms with E-state index in [1.54, 1.807) is 18.2 Å². The molecule has 0 bridgehead atoms. The van der Waals surface area contributed by atoms with Crippen LogP contribution in [0.4, 0.5) is 0 Å². The van der Waals surface area contributed by atoms with Gasteiger partial charge in [-0.3, -0.25) is 4.79 Å². The quantitative estimate of drug-likeness (QED) is 0.779. The lowest BCUT2D eigenvalue weighted by molar-refractivity contribution is -0.124. The average Bonchev–Trinajstić information content (AvgIpc) is 3.21. The van der Waals surface area contributed by atoms with Crippen molar-refractivity contribution in [1.82, 2.24) is 14.9 Å². The number of carboxylic acid groups (broad SMARTS) is 1. The maximum absolute atomic E-state index is 11.7. The van der Waals surface area contributed by atoms with Crippen molar-refractivity contribution >= 4 is 22.9 Å². The molecule has 8 nitrogen and oxygen atoms in total. The molecule has 0 spiro atoms. The highest BCUT2D eigenvalue weighted by atomic mass is 16.5. The van der Waals surface area contributed by atoms with Crippen LogP contribution in [0.5, 0.6) is 0 Å². The molecule has 8 heteroatoms. The van der Waals surface area contributed by atoms with Crippen LogP contribution in [0.15, 0.2) is 18.2 Å². The number of benzene rings is 1. The number of nitrogens with one attached hydrogen (secondary N) is 1. The largest absolute Gasteiger partial charge is 0.478 e. The molecular weight excluding hydrogens is 326 g/mol. The molecule has 1 unspecified atom stereocenters. The number of rotatable bonds is 7. The molecule has 1 aliphatic heterocycles. The van der Waals surface area contributed by atoms with E-state index < -0.39 is 5.97 Å². The van der Waals surface area contributed by atoms with Gasteiger partial charge in [0.05, 0.1) is 35.8 Å². The van der Waals surface area contributed by atoms with E-state index in [4.69, 9.17) is 14.6 Å². The zero-order valence-corrected chi connectivity index (χ0v) is 14.0. The number of carboxylic acids is 1. The highest BCUT2D eigenvalue weighted by Gasteiger charge is 2.20. The van der Waals surface area contributed by atoms with Crippen molar-refractivity contribution in [2.24, 2.45) is 0 Å². The second kappa shape index (κ2) is 7.62. The summed E-state index contributed by atoms with van der Waals surface area (Å²) in [6.45, 7) is 1.60. The Morgan fingerprint density at radius 2 is 2.32 bits per heavy atom. The molecule has 2 heterocycles. The molecule has 2 N–H and O–H groups in total. The van der Waals surface area contributed by atoms with Gasteiger partial charge in [-0.1, -0.05) is 0 Å². The number of ether oxygens (including phenoxy) is 2. The van der Waals surface area contributed by atoms with Crippen LogP contribution in [0.25, 0.3) is 11.0 Å². The summed E-state index contributed by atoms with van der Waals surface area (Å²) in [5.41, 5.74) is 1.61. The van der Waals surface area contributed by atoms with E-state index >= 15 is 0 Å². The van der Waals surface area contributed by atoms with E-state index in [9.17, 15) is 9.59 Å². The number of carbonyl (C=O) groups is 2. The number of methoxy groups -OCH3 is 1. The van der Waals surface area contributed by atoms with Crippen molar-refractivity contribution in [3.05, 3.63) is 29.6 Å². The maximum Gasteiger partial charge on any atom is 0.335 e. The van der Waals surface area contributed by atoms with E-state index in [1.807, 2.05) is 4.57 Å². The number of imidazole rings is 1. The number of aromatic carboxylic acids is 1. The van der Waals surface area contributed by atoms with E-state index in [1.165, 1.54) is 7.11 Å². The van der Waals surface area contributed by atoms with Gasteiger partial charge in [0, 0.05) is 13.7 Å². The predicted molar refractivity (Wildman–Crippen MR) is 89.4 cm³/mol. The summed E-state index contributed by atoms with van der Waals surface area (Å²) in [5, 5.41) is 11.9. The first-order valence-electron chi connectivity index (χ1n) is 8.18. The maximum atomic E-state index is 11.7. The number of nitrogens with zero attached hydrogens (tertiary/aromatic N) is 2. The molecule has 1 aromatic heterocycles. The monoisotopic (exact) mass is 347 g/mol. The number of aromatic nitrogens is 2. The molecule has 0 radical (unpaired) electrons. The van der Waals surface area contributed by atoms with E-state index in [0.29, 0.717) is 17.9 Å². The fourth-order valence-electron chi connectivity index (χ4n) is 3.00. The zero-order valence-electron chi connectivity index (χ0n) is 14.0. The molecule has 1 amide bonds. The molecule has 0 aliphatic carbocycles. The molecule has 134 valence electrons. The van der Waals surface area contributed by atoms with Crippen molar-refractivity contribution in [2.75, 3.05) is 20.3 Å². The molecule has 0 saturated carbocycles. The van der Waals surface area contributed by atoms with Crippen molar-refractivity contribution in [3.63, 3.8) is 0 Å². The van der Waals surface area contributed by atoms with Crippen LogP contribution >= 0.6 is 0 Å². The average molecular weight is 347 g/mol. The first-order valence-corrected chi connectivity index (χ1v) is 8.18. The Bertz CT molecular complexity index is 780. The lowest BCUT2D eigenvalue weighted by atomic mass is 10.2. The Hall–Kier alpha value is -2.45. The molecule has 1 aliphatic rings. The van der Waals surface area contributed by atoms with Gasteiger partial charge < -0.3 is 24.5 Å². The third kappa shape index (κ3) is 3.97. The Balaban J connectivity index is 1.90. The van der Waals surface area contributed by atoms with Gasteiger partial charge in [0.15, 0.2) is 0 Å². The molecule has 1 aromatic carbocycles. The van der Waals surface area contributed by atoms with Crippen molar-refractivity contribution < 1.29 is 24.2 Å². The normalized spacial score (nSPS) is 17.1. The molecular formula is C17H21N3O5. The van der Waals surface area contributed by atoms with Crippen LogP contribution < -0.4 is 5.32 Å². The van der Waals surface area contributed by atoms with E-state index in [-0.39, 0.29) is 30.7 Å². The number of amides is 1. The molecule has 1 saturated heterocycles. The minimum Gasteiger partial charge on any atom is -0.478 e. The lowest BCUT2D eigenvalue weighted by Crippen LogP contribution is -2.28. The van der Waals surface area contributed by atoms with E-state index in [0.717, 1.165) is 25.0 Å². The number of fused-ring (bicyclic) bond motifs is 1. The Morgan fingerprint density at radius 3 is 3.00 bits per heavy atom. The Kier molecular flexibility index (Phi) is 5.30. The van der Waals surface area contributed by atoms with Crippen LogP contribution in [0, 0.1) is 0 Å². The molecule has 2 aromatic rings. The molecule has 3 rings (SSSR count).